The van der Waals surface area contributed by atoms with Crippen LogP contribution in [0.2, 0.25) is 0 Å². The van der Waals surface area contributed by atoms with Gasteiger partial charge in [0, 0.05) is 19.4 Å². The molecule has 12 heteroatoms. The van der Waals surface area contributed by atoms with E-state index in [1.54, 1.807) is 14.1 Å². The van der Waals surface area contributed by atoms with Crippen molar-refractivity contribution < 1.29 is 44.2 Å². The highest BCUT2D eigenvalue weighted by atomic mass is 32.2. The predicted molar refractivity (Wildman–Crippen MR) is 71.5 cm³/mol. The Bertz CT molecular complexity index is 505. The van der Waals surface area contributed by atoms with Crippen LogP contribution in [0.3, 0.4) is 0 Å². The maximum atomic E-state index is 12.6. The molecule has 0 unspecified atom stereocenters. The smallest absolute Gasteiger partial charge is 0.350 e. The number of carbonyl (C=O) groups is 1. The molecule has 0 bridgehead atoms. The number of halogens is 5. The van der Waals surface area contributed by atoms with Crippen LogP contribution in [-0.4, -0.2) is 74.9 Å². The van der Waals surface area contributed by atoms with Crippen molar-refractivity contribution in [3.8, 4) is 0 Å². The number of nitrogens with zero attached hydrogens (tertiary/aromatic N) is 1. The first kappa shape index (κ1) is 22.0. The fourth-order valence-corrected chi connectivity index (χ4v) is 2.23. The van der Waals surface area contributed by atoms with Gasteiger partial charge in [0.2, 0.25) is 0 Å². The molecule has 2 N–H and O–H groups in total. The molecular weight excluding hydrogens is 351 g/mol. The Morgan fingerprint density at radius 3 is 2.00 bits per heavy atom. The number of carbonyl (C=O) groups excluding carboxylic acids is 1. The number of amides is 1. The van der Waals surface area contributed by atoms with Crippen molar-refractivity contribution in [1.29, 1.82) is 0 Å². The van der Waals surface area contributed by atoms with Crippen LogP contribution in [-0.2, 0) is 14.9 Å². The summed E-state index contributed by atoms with van der Waals surface area (Å²) in [5.74, 6) is -8.27. The highest BCUT2D eigenvalue weighted by Crippen LogP contribution is 2.35. The van der Waals surface area contributed by atoms with Gasteiger partial charge >= 0.3 is 12.1 Å². The van der Waals surface area contributed by atoms with E-state index in [1.165, 1.54) is 5.32 Å². The Morgan fingerprint density at radius 2 is 1.57 bits per heavy atom. The predicted octanol–water partition coefficient (Wildman–Crippen LogP) is 1.04. The maximum Gasteiger partial charge on any atom is 0.463 e. The molecule has 0 atom stereocenters. The molecule has 0 aliphatic rings. The summed E-state index contributed by atoms with van der Waals surface area (Å²) in [6.45, 7) is 0.278. The zero-order valence-electron chi connectivity index (χ0n) is 12.7. The maximum absolute atomic E-state index is 12.6. The largest absolute Gasteiger partial charge is 0.463 e. The SMILES string of the molecule is C[N+](C)(CCCNC(=O)C(F)(F)C(F)(F)F)CCCS(=O)(=O)O. The molecule has 0 saturated heterocycles. The third kappa shape index (κ3) is 8.42. The van der Waals surface area contributed by atoms with Crippen molar-refractivity contribution in [3.63, 3.8) is 0 Å². The third-order valence-corrected chi connectivity index (χ3v) is 3.84. The first-order valence-electron chi connectivity index (χ1n) is 6.58. The fraction of sp³-hybridized carbons (Fsp3) is 0.909. The normalized spacial score (nSPS) is 13.9. The highest BCUT2D eigenvalue weighted by molar-refractivity contribution is 7.85. The molecule has 1 amide bonds. The van der Waals surface area contributed by atoms with Gasteiger partial charge in [0.1, 0.15) is 0 Å². The van der Waals surface area contributed by atoms with E-state index in [4.69, 9.17) is 4.55 Å². The van der Waals surface area contributed by atoms with Gasteiger partial charge < -0.3 is 9.80 Å². The van der Waals surface area contributed by atoms with E-state index in [-0.39, 0.29) is 23.9 Å². The summed E-state index contributed by atoms with van der Waals surface area (Å²) < 4.78 is 91.1. The van der Waals surface area contributed by atoms with Gasteiger partial charge in [-0.1, -0.05) is 0 Å². The molecule has 0 aromatic carbocycles. The van der Waals surface area contributed by atoms with Gasteiger partial charge in [-0.25, -0.2) is 0 Å². The number of alkyl halides is 5. The van der Waals surface area contributed by atoms with E-state index in [9.17, 15) is 35.2 Å². The summed E-state index contributed by atoms with van der Waals surface area (Å²) in [7, 11) is -0.689. The number of quaternary nitrogens is 1. The monoisotopic (exact) mass is 371 g/mol. The molecule has 0 saturated carbocycles. The average Bonchev–Trinajstić information content (AvgIpc) is 2.30. The van der Waals surface area contributed by atoms with E-state index in [2.05, 4.69) is 0 Å². The average molecular weight is 371 g/mol. The Labute approximate surface area is 131 Å². The van der Waals surface area contributed by atoms with Gasteiger partial charge in [-0.2, -0.15) is 30.4 Å². The zero-order valence-corrected chi connectivity index (χ0v) is 13.5. The van der Waals surface area contributed by atoms with Gasteiger partial charge in [0.05, 0.1) is 32.9 Å². The van der Waals surface area contributed by atoms with Gasteiger partial charge in [-0.3, -0.25) is 9.35 Å². The van der Waals surface area contributed by atoms with Crippen molar-refractivity contribution in [2.75, 3.05) is 39.5 Å². The highest BCUT2D eigenvalue weighted by Gasteiger charge is 2.63. The van der Waals surface area contributed by atoms with Crippen LogP contribution in [0, 0.1) is 0 Å². The van der Waals surface area contributed by atoms with E-state index in [0.717, 1.165) is 0 Å². The van der Waals surface area contributed by atoms with Crippen molar-refractivity contribution in [2.45, 2.75) is 24.9 Å². The topological polar surface area (TPSA) is 83.5 Å². The molecule has 0 heterocycles. The van der Waals surface area contributed by atoms with Crippen LogP contribution >= 0.6 is 0 Å². The van der Waals surface area contributed by atoms with Crippen molar-refractivity contribution in [3.05, 3.63) is 0 Å². The summed E-state index contributed by atoms with van der Waals surface area (Å²) in [6.07, 6.45) is -5.66. The molecule has 23 heavy (non-hydrogen) atoms. The van der Waals surface area contributed by atoms with E-state index >= 15 is 0 Å². The lowest BCUT2D eigenvalue weighted by Crippen LogP contribution is -2.51. The van der Waals surface area contributed by atoms with Gasteiger partial charge in [0.25, 0.3) is 16.0 Å². The molecule has 0 rings (SSSR count). The minimum Gasteiger partial charge on any atom is -0.350 e. The van der Waals surface area contributed by atoms with Crippen LogP contribution in [0.15, 0.2) is 0 Å². The first-order valence-corrected chi connectivity index (χ1v) is 8.19. The molecular formula is C11H20F5N2O4S+. The Morgan fingerprint density at radius 1 is 1.09 bits per heavy atom. The summed E-state index contributed by atoms with van der Waals surface area (Å²) in [5, 5.41) is 1.53. The van der Waals surface area contributed by atoms with E-state index in [1.807, 2.05) is 0 Å². The first-order chi connectivity index (χ1) is 10.1. The van der Waals surface area contributed by atoms with Crippen molar-refractivity contribution in [1.82, 2.24) is 5.32 Å². The quantitative estimate of drug-likeness (QED) is 0.275. The lowest BCUT2D eigenvalue weighted by Gasteiger charge is -2.29. The molecule has 0 spiro atoms. The van der Waals surface area contributed by atoms with Gasteiger partial charge in [-0.15, -0.1) is 0 Å². The fourth-order valence-electron chi connectivity index (χ4n) is 1.74. The third-order valence-electron chi connectivity index (χ3n) is 3.03. The molecule has 0 aromatic rings. The molecule has 0 aliphatic carbocycles. The van der Waals surface area contributed by atoms with E-state index < -0.39 is 33.9 Å². The van der Waals surface area contributed by atoms with Crippen LogP contribution in [0.5, 0.6) is 0 Å². The van der Waals surface area contributed by atoms with E-state index in [0.29, 0.717) is 13.1 Å². The van der Waals surface area contributed by atoms with Crippen LogP contribution in [0.25, 0.3) is 0 Å². The van der Waals surface area contributed by atoms with Crippen LogP contribution in [0.1, 0.15) is 12.8 Å². The second-order valence-electron chi connectivity index (χ2n) is 5.70. The Kier molecular flexibility index (Phi) is 7.37. The number of hydrogen-bond acceptors (Lipinski definition) is 3. The number of nitrogens with one attached hydrogen (secondary N) is 1. The minimum atomic E-state index is -5.94. The molecule has 0 aromatic heterocycles. The van der Waals surface area contributed by atoms with Gasteiger partial charge in [-0.05, 0) is 0 Å². The second-order valence-corrected chi connectivity index (χ2v) is 7.28. The summed E-state index contributed by atoms with van der Waals surface area (Å²) in [6, 6.07) is 0. The molecule has 0 fully saturated rings. The number of hydrogen-bond donors (Lipinski definition) is 2. The minimum absolute atomic E-state index is 0.124. The summed E-state index contributed by atoms with van der Waals surface area (Å²) in [4.78, 5) is 10.8. The molecule has 0 aliphatic heterocycles. The van der Waals surface area contributed by atoms with Crippen LogP contribution < -0.4 is 5.32 Å². The molecule has 6 nitrogen and oxygen atoms in total. The second kappa shape index (κ2) is 7.71. The summed E-state index contributed by atoms with van der Waals surface area (Å²) >= 11 is 0. The van der Waals surface area contributed by atoms with Crippen molar-refractivity contribution in [2.24, 2.45) is 0 Å². The van der Waals surface area contributed by atoms with Gasteiger partial charge in [0.15, 0.2) is 0 Å². The molecule has 0 radical (unpaired) electrons. The Balaban J connectivity index is 4.18. The number of rotatable bonds is 9. The Hall–Kier alpha value is -1.01. The lowest BCUT2D eigenvalue weighted by molar-refractivity contribution is -0.890. The standard InChI is InChI=1S/C11H19F5N2O4S/c1-18(2,7-4-8-23(20,21)22)6-3-5-17-9(19)10(12,13)11(14,15)16/h3-8H2,1-2H3,(H-,17,19,20,21,22)/p+1. The summed E-state index contributed by atoms with van der Waals surface area (Å²) in [5.41, 5.74) is 0. The molecule has 138 valence electrons. The zero-order chi connectivity index (χ0) is 18.5. The lowest BCUT2D eigenvalue weighted by atomic mass is 10.2. The van der Waals surface area contributed by atoms with Crippen LogP contribution in [0.4, 0.5) is 22.0 Å². The van der Waals surface area contributed by atoms with Crippen molar-refractivity contribution >= 4 is 16.0 Å².